The first-order valence-electron chi connectivity index (χ1n) is 6.87. The highest BCUT2D eigenvalue weighted by Gasteiger charge is 2.16. The van der Waals surface area contributed by atoms with Crippen LogP contribution in [0.25, 0.3) is 0 Å². The summed E-state index contributed by atoms with van der Waals surface area (Å²) in [6.07, 6.45) is 0.558. The van der Waals surface area contributed by atoms with Crippen LogP contribution in [0.4, 0.5) is 8.78 Å². The van der Waals surface area contributed by atoms with Crippen LogP contribution >= 0.6 is 0 Å². The van der Waals surface area contributed by atoms with Gasteiger partial charge in [-0.05, 0) is 42.8 Å². The average Bonchev–Trinajstić information content (AvgIpc) is 2.47. The van der Waals surface area contributed by atoms with Crippen molar-refractivity contribution in [2.45, 2.75) is 12.3 Å². The molecule has 0 saturated heterocycles. The van der Waals surface area contributed by atoms with Crippen LogP contribution in [0.15, 0.2) is 42.5 Å². The van der Waals surface area contributed by atoms with Gasteiger partial charge in [-0.3, -0.25) is 0 Å². The number of ether oxygens (including phenoxy) is 1. The molecule has 0 fully saturated rings. The molecule has 112 valence electrons. The molecule has 2 nitrogen and oxygen atoms in total. The number of nitrogens with one attached hydrogen (secondary N) is 1. The number of likely N-dealkylation sites (N-methyl/N-ethyl adjacent to an activating group) is 1. The number of rotatable bonds is 6. The molecule has 0 aromatic heterocycles. The molecule has 0 radical (unpaired) electrons. The quantitative estimate of drug-likeness (QED) is 0.879. The maximum Gasteiger partial charge on any atom is 0.165 e. The Labute approximate surface area is 123 Å². The third-order valence-corrected chi connectivity index (χ3v) is 3.49. The molecule has 0 saturated carbocycles. The molecule has 2 rings (SSSR count). The minimum absolute atomic E-state index is 0.0519. The standard InChI is InChI=1S/C17H19F2NO/c1-20-11-13(14-5-3-4-6-15(14)18)9-12-7-8-17(21-2)16(19)10-12/h3-8,10,13,20H,9,11H2,1-2H3. The second-order valence-corrected chi connectivity index (χ2v) is 4.95. The fraction of sp³-hybridized carbons (Fsp3) is 0.294. The van der Waals surface area contributed by atoms with Crippen LogP contribution in [-0.4, -0.2) is 20.7 Å². The number of hydrogen-bond donors (Lipinski definition) is 1. The van der Waals surface area contributed by atoms with E-state index in [1.165, 1.54) is 19.2 Å². The monoisotopic (exact) mass is 291 g/mol. The summed E-state index contributed by atoms with van der Waals surface area (Å²) in [7, 11) is 3.25. The number of methoxy groups -OCH3 is 1. The number of benzene rings is 2. The molecule has 2 aromatic rings. The highest BCUT2D eigenvalue weighted by Crippen LogP contribution is 2.25. The van der Waals surface area contributed by atoms with Crippen LogP contribution in [0.3, 0.4) is 0 Å². The van der Waals surface area contributed by atoms with Crippen molar-refractivity contribution in [1.82, 2.24) is 5.32 Å². The van der Waals surface area contributed by atoms with Crippen LogP contribution in [0.5, 0.6) is 5.75 Å². The number of halogens is 2. The summed E-state index contributed by atoms with van der Waals surface area (Å²) < 4.78 is 32.6. The summed E-state index contributed by atoms with van der Waals surface area (Å²) >= 11 is 0. The van der Waals surface area contributed by atoms with Crippen molar-refractivity contribution in [3.8, 4) is 5.75 Å². The normalized spacial score (nSPS) is 12.2. The van der Waals surface area contributed by atoms with Gasteiger partial charge in [0.1, 0.15) is 5.82 Å². The summed E-state index contributed by atoms with van der Waals surface area (Å²) in [5, 5.41) is 3.07. The lowest BCUT2D eigenvalue weighted by Crippen LogP contribution is -2.20. The first kappa shape index (κ1) is 15.4. The molecule has 2 aromatic carbocycles. The third kappa shape index (κ3) is 3.79. The van der Waals surface area contributed by atoms with E-state index < -0.39 is 5.82 Å². The Morgan fingerprint density at radius 2 is 1.86 bits per heavy atom. The first-order chi connectivity index (χ1) is 10.2. The van der Waals surface area contributed by atoms with E-state index in [0.29, 0.717) is 18.5 Å². The van der Waals surface area contributed by atoms with Crippen molar-refractivity contribution in [1.29, 1.82) is 0 Å². The van der Waals surface area contributed by atoms with Crippen LogP contribution in [-0.2, 0) is 6.42 Å². The minimum Gasteiger partial charge on any atom is -0.494 e. The Morgan fingerprint density at radius 3 is 2.48 bits per heavy atom. The van der Waals surface area contributed by atoms with Crippen molar-refractivity contribution in [3.63, 3.8) is 0 Å². The molecule has 0 heterocycles. The maximum absolute atomic E-state index is 13.9. The zero-order chi connectivity index (χ0) is 15.2. The van der Waals surface area contributed by atoms with Crippen molar-refractivity contribution >= 4 is 0 Å². The van der Waals surface area contributed by atoms with Gasteiger partial charge in [-0.15, -0.1) is 0 Å². The Hall–Kier alpha value is -1.94. The van der Waals surface area contributed by atoms with Crippen LogP contribution in [0.1, 0.15) is 17.0 Å². The molecule has 21 heavy (non-hydrogen) atoms. The molecule has 0 bridgehead atoms. The summed E-state index contributed by atoms with van der Waals surface area (Å²) in [4.78, 5) is 0. The van der Waals surface area contributed by atoms with Gasteiger partial charge in [-0.1, -0.05) is 24.3 Å². The topological polar surface area (TPSA) is 21.3 Å². The molecule has 0 aliphatic rings. The predicted octanol–water partition coefficient (Wildman–Crippen LogP) is 3.52. The first-order valence-corrected chi connectivity index (χ1v) is 6.87. The molecule has 0 aliphatic heterocycles. The van der Waals surface area contributed by atoms with Gasteiger partial charge in [-0.25, -0.2) is 8.78 Å². The van der Waals surface area contributed by atoms with E-state index in [1.807, 2.05) is 19.2 Å². The summed E-state index contributed by atoms with van der Waals surface area (Å²) in [5.74, 6) is -0.461. The fourth-order valence-corrected chi connectivity index (χ4v) is 2.47. The van der Waals surface area contributed by atoms with Gasteiger partial charge < -0.3 is 10.1 Å². The van der Waals surface area contributed by atoms with Crippen LogP contribution in [0, 0.1) is 11.6 Å². The highest BCUT2D eigenvalue weighted by atomic mass is 19.1. The summed E-state index contributed by atoms with van der Waals surface area (Å²) in [6.45, 7) is 0.620. The van der Waals surface area contributed by atoms with Gasteiger partial charge >= 0.3 is 0 Å². The lowest BCUT2D eigenvalue weighted by Gasteiger charge is -2.18. The summed E-state index contributed by atoms with van der Waals surface area (Å²) in [5.41, 5.74) is 1.46. The molecule has 4 heteroatoms. The highest BCUT2D eigenvalue weighted by molar-refractivity contribution is 5.31. The second kappa shape index (κ2) is 7.18. The van der Waals surface area contributed by atoms with E-state index in [9.17, 15) is 8.78 Å². The molecule has 1 atom stereocenters. The zero-order valence-electron chi connectivity index (χ0n) is 12.2. The van der Waals surface area contributed by atoms with E-state index >= 15 is 0 Å². The smallest absolute Gasteiger partial charge is 0.165 e. The van der Waals surface area contributed by atoms with E-state index in [1.54, 1.807) is 18.2 Å². The fourth-order valence-electron chi connectivity index (χ4n) is 2.47. The largest absolute Gasteiger partial charge is 0.494 e. The van der Waals surface area contributed by atoms with Crippen LogP contribution < -0.4 is 10.1 Å². The molecule has 1 unspecified atom stereocenters. The predicted molar refractivity (Wildman–Crippen MR) is 79.7 cm³/mol. The Morgan fingerprint density at radius 1 is 1.10 bits per heavy atom. The van der Waals surface area contributed by atoms with Crippen molar-refractivity contribution < 1.29 is 13.5 Å². The van der Waals surface area contributed by atoms with Gasteiger partial charge in [0.25, 0.3) is 0 Å². The van der Waals surface area contributed by atoms with E-state index in [-0.39, 0.29) is 17.5 Å². The molecule has 0 spiro atoms. The third-order valence-electron chi connectivity index (χ3n) is 3.49. The molecule has 0 aliphatic carbocycles. The van der Waals surface area contributed by atoms with Crippen molar-refractivity contribution in [2.24, 2.45) is 0 Å². The Balaban J connectivity index is 2.24. The van der Waals surface area contributed by atoms with Gasteiger partial charge in [0.2, 0.25) is 0 Å². The SMILES string of the molecule is CNCC(Cc1ccc(OC)c(F)c1)c1ccccc1F. The van der Waals surface area contributed by atoms with Crippen molar-refractivity contribution in [2.75, 3.05) is 20.7 Å². The Kier molecular flexibility index (Phi) is 5.28. The van der Waals surface area contributed by atoms with Gasteiger partial charge in [0, 0.05) is 12.5 Å². The molecule has 1 N–H and O–H groups in total. The zero-order valence-corrected chi connectivity index (χ0v) is 12.2. The molecular formula is C17H19F2NO. The van der Waals surface area contributed by atoms with E-state index in [2.05, 4.69) is 5.32 Å². The lowest BCUT2D eigenvalue weighted by atomic mass is 9.91. The molecule has 0 amide bonds. The second-order valence-electron chi connectivity index (χ2n) is 4.95. The van der Waals surface area contributed by atoms with Crippen LogP contribution in [0.2, 0.25) is 0 Å². The summed E-state index contributed by atoms with van der Waals surface area (Å²) in [6, 6.07) is 11.6. The average molecular weight is 291 g/mol. The lowest BCUT2D eigenvalue weighted by molar-refractivity contribution is 0.386. The van der Waals surface area contributed by atoms with E-state index in [0.717, 1.165) is 5.56 Å². The van der Waals surface area contributed by atoms with Crippen molar-refractivity contribution in [3.05, 3.63) is 65.2 Å². The Bertz CT molecular complexity index is 601. The minimum atomic E-state index is -0.397. The number of hydrogen-bond acceptors (Lipinski definition) is 2. The van der Waals surface area contributed by atoms with Gasteiger partial charge in [-0.2, -0.15) is 0 Å². The van der Waals surface area contributed by atoms with E-state index in [4.69, 9.17) is 4.74 Å². The van der Waals surface area contributed by atoms with Gasteiger partial charge in [0.15, 0.2) is 11.6 Å². The van der Waals surface area contributed by atoms with Gasteiger partial charge in [0.05, 0.1) is 7.11 Å². The molecular weight excluding hydrogens is 272 g/mol. The maximum atomic E-state index is 13.9.